The van der Waals surface area contributed by atoms with Crippen LogP contribution in [0, 0.1) is 0 Å². The summed E-state index contributed by atoms with van der Waals surface area (Å²) >= 11 is 1.85. The zero-order chi connectivity index (χ0) is 53.9. The molecule has 0 saturated heterocycles. The van der Waals surface area contributed by atoms with Gasteiger partial charge in [0.15, 0.2) is 5.58 Å². The lowest BCUT2D eigenvalue weighted by atomic mass is 9.34. The number of anilines is 9. The molecule has 14 aromatic rings. The predicted molar refractivity (Wildman–Crippen MR) is 342 cm³/mol. The van der Waals surface area contributed by atoms with Crippen molar-refractivity contribution in [1.82, 2.24) is 0 Å². The standard InChI is InChI=1S/C74H52BN3O2S/c1-74(2,3)51-33-36-53(37-34-51)78-65-42-56(77(54-25-16-22-50(40-54)47-18-6-4-7-19-47)64-29-17-28-60-58-26-12-15-31-68(58)80-73(60)64)38-39-62(65)75-63-45-61-59-27-13-14-30-67(59)79-69(61)46-70(63)81-71-44-57(43-66(78)72(71)75)76(52-23-8-5-9-24-52)55-35-32-48-20-10-11-21-49(48)41-55/h4-46H,1-3H3. The van der Waals surface area contributed by atoms with E-state index in [0.717, 1.165) is 106 Å². The monoisotopic (exact) mass is 1060 g/mol. The molecule has 4 heterocycles. The highest BCUT2D eigenvalue weighted by atomic mass is 32.2. The maximum atomic E-state index is 6.93. The molecular weight excluding hydrogens is 1010 g/mol. The summed E-state index contributed by atoms with van der Waals surface area (Å²) in [5, 5.41) is 6.80. The molecule has 2 aliphatic heterocycles. The van der Waals surface area contributed by atoms with Gasteiger partial charge in [0.1, 0.15) is 16.7 Å². The van der Waals surface area contributed by atoms with Crippen molar-refractivity contribution in [1.29, 1.82) is 0 Å². The van der Waals surface area contributed by atoms with E-state index in [9.17, 15) is 0 Å². The predicted octanol–water partition coefficient (Wildman–Crippen LogP) is 19.3. The van der Waals surface area contributed by atoms with E-state index in [1.807, 2.05) is 11.8 Å². The molecule has 0 saturated carbocycles. The third-order valence-corrected chi connectivity index (χ3v) is 17.7. The van der Waals surface area contributed by atoms with Crippen LogP contribution in [0.5, 0.6) is 0 Å². The molecule has 5 nitrogen and oxygen atoms in total. The minimum absolute atomic E-state index is 0.0406. The Kier molecular flexibility index (Phi) is 10.8. The number of para-hydroxylation sites is 4. The largest absolute Gasteiger partial charge is 0.456 e. The quantitative estimate of drug-likeness (QED) is 0.141. The number of hydrogen-bond donors (Lipinski definition) is 0. The van der Waals surface area contributed by atoms with Gasteiger partial charge in [-0.2, -0.15) is 0 Å². The summed E-state index contributed by atoms with van der Waals surface area (Å²) in [6, 6.07) is 95.3. The van der Waals surface area contributed by atoms with Crippen LogP contribution in [0.25, 0.3) is 65.8 Å². The van der Waals surface area contributed by atoms with Gasteiger partial charge < -0.3 is 23.5 Å². The van der Waals surface area contributed by atoms with Crippen molar-refractivity contribution in [3.05, 3.63) is 266 Å². The van der Waals surface area contributed by atoms with Crippen LogP contribution in [0.1, 0.15) is 26.3 Å². The molecule has 0 unspecified atom stereocenters. The van der Waals surface area contributed by atoms with E-state index in [1.54, 1.807) is 0 Å². The highest BCUT2D eigenvalue weighted by molar-refractivity contribution is 8.00. The molecule has 0 aliphatic carbocycles. The van der Waals surface area contributed by atoms with E-state index >= 15 is 0 Å². The van der Waals surface area contributed by atoms with Crippen molar-refractivity contribution < 1.29 is 8.83 Å². The maximum Gasteiger partial charge on any atom is 0.249 e. The normalized spacial score (nSPS) is 12.8. The first-order chi connectivity index (χ1) is 39.8. The van der Waals surface area contributed by atoms with E-state index in [-0.39, 0.29) is 12.1 Å². The molecule has 7 heteroatoms. The van der Waals surface area contributed by atoms with Crippen LogP contribution in [-0.2, 0) is 5.41 Å². The molecule has 16 rings (SSSR count). The van der Waals surface area contributed by atoms with E-state index in [0.29, 0.717) is 0 Å². The van der Waals surface area contributed by atoms with Crippen molar-refractivity contribution >= 4 is 141 Å². The fourth-order valence-corrected chi connectivity index (χ4v) is 13.9. The van der Waals surface area contributed by atoms with E-state index < -0.39 is 0 Å². The molecule has 0 spiro atoms. The SMILES string of the molecule is CC(C)(C)c1ccc(N2c3cc(N(c4cccc(-c5ccccc5)c4)c4cccc5c4oc4ccccc45)ccc3B3c4cc5c(cc4Sc4cc(N(c6ccccc6)c6ccc7ccccc7c6)cc2c43)oc2ccccc25)cc1. The molecular formula is C74H52BN3O2S. The molecule has 12 aromatic carbocycles. The molecule has 384 valence electrons. The highest BCUT2D eigenvalue weighted by Gasteiger charge is 2.43. The fraction of sp³-hybridized carbons (Fsp3) is 0.0541. The zero-order valence-electron chi connectivity index (χ0n) is 45.0. The second kappa shape index (κ2) is 18.5. The first kappa shape index (κ1) is 47.3. The third kappa shape index (κ3) is 7.78. The number of furan rings is 2. The Hall–Kier alpha value is -9.69. The highest BCUT2D eigenvalue weighted by Crippen LogP contribution is 2.50. The summed E-state index contributed by atoms with van der Waals surface area (Å²) in [6.07, 6.45) is 0. The van der Waals surface area contributed by atoms with E-state index in [4.69, 9.17) is 8.83 Å². The Morgan fingerprint density at radius 2 is 1.02 bits per heavy atom. The van der Waals surface area contributed by atoms with Gasteiger partial charge in [-0.1, -0.05) is 202 Å². The topological polar surface area (TPSA) is 36.0 Å². The summed E-state index contributed by atoms with van der Waals surface area (Å²) < 4.78 is 13.6. The van der Waals surface area contributed by atoms with Gasteiger partial charge in [0.05, 0.1) is 5.69 Å². The van der Waals surface area contributed by atoms with Gasteiger partial charge in [0.25, 0.3) is 0 Å². The summed E-state index contributed by atoms with van der Waals surface area (Å²) in [4.78, 5) is 9.77. The molecule has 0 N–H and O–H groups in total. The van der Waals surface area contributed by atoms with Gasteiger partial charge in [-0.05, 0) is 141 Å². The van der Waals surface area contributed by atoms with Crippen LogP contribution < -0.4 is 31.1 Å². The van der Waals surface area contributed by atoms with Crippen molar-refractivity contribution in [3.63, 3.8) is 0 Å². The van der Waals surface area contributed by atoms with Gasteiger partial charge in [-0.3, -0.25) is 0 Å². The van der Waals surface area contributed by atoms with Gasteiger partial charge in [-0.25, -0.2) is 0 Å². The van der Waals surface area contributed by atoms with Crippen molar-refractivity contribution in [2.24, 2.45) is 0 Å². The van der Waals surface area contributed by atoms with Crippen LogP contribution in [0.15, 0.2) is 279 Å². The molecule has 0 radical (unpaired) electrons. The number of hydrogen-bond acceptors (Lipinski definition) is 6. The van der Waals surface area contributed by atoms with Crippen LogP contribution in [0.2, 0.25) is 0 Å². The lowest BCUT2D eigenvalue weighted by Crippen LogP contribution is -2.59. The number of fused-ring (bicyclic) bond motifs is 11. The average molecular weight is 1060 g/mol. The van der Waals surface area contributed by atoms with Gasteiger partial charge in [0.2, 0.25) is 6.71 Å². The Morgan fingerprint density at radius 3 is 1.83 bits per heavy atom. The fourth-order valence-electron chi connectivity index (χ4n) is 12.7. The Labute approximate surface area is 475 Å². The second-order valence-electron chi connectivity index (χ2n) is 22.5. The lowest BCUT2D eigenvalue weighted by molar-refractivity contribution is 0.590. The van der Waals surface area contributed by atoms with Crippen LogP contribution in [0.3, 0.4) is 0 Å². The molecule has 0 fully saturated rings. The molecule has 0 atom stereocenters. The Balaban J connectivity index is 0.988. The van der Waals surface area contributed by atoms with Crippen molar-refractivity contribution in [3.8, 4) is 11.1 Å². The van der Waals surface area contributed by atoms with Gasteiger partial charge >= 0.3 is 0 Å². The van der Waals surface area contributed by atoms with Crippen molar-refractivity contribution in [2.45, 2.75) is 36.0 Å². The van der Waals surface area contributed by atoms with E-state index in [2.05, 4.69) is 296 Å². The molecule has 0 amide bonds. The number of benzene rings is 12. The maximum absolute atomic E-state index is 6.93. The Bertz CT molecular complexity index is 4810. The molecule has 2 aliphatic rings. The summed E-state index contributed by atoms with van der Waals surface area (Å²) in [5.41, 5.74) is 20.3. The Morgan fingerprint density at radius 1 is 0.395 bits per heavy atom. The minimum atomic E-state index is -0.119. The minimum Gasteiger partial charge on any atom is -0.456 e. The number of nitrogens with zero attached hydrogens (tertiary/aromatic N) is 3. The first-order valence-corrected chi connectivity index (χ1v) is 28.6. The van der Waals surface area contributed by atoms with Gasteiger partial charge in [0, 0.05) is 76.8 Å². The van der Waals surface area contributed by atoms with E-state index in [1.165, 1.54) is 42.5 Å². The molecule has 81 heavy (non-hydrogen) atoms. The van der Waals surface area contributed by atoms with Gasteiger partial charge in [-0.15, -0.1) is 0 Å². The van der Waals surface area contributed by atoms with Crippen molar-refractivity contribution in [2.75, 3.05) is 14.7 Å². The van der Waals surface area contributed by atoms with Crippen LogP contribution >= 0.6 is 11.8 Å². The summed E-state index contributed by atoms with van der Waals surface area (Å²) in [6.45, 7) is 6.75. The number of rotatable bonds is 8. The lowest BCUT2D eigenvalue weighted by Gasteiger charge is -2.42. The second-order valence-corrected chi connectivity index (χ2v) is 23.6. The zero-order valence-corrected chi connectivity index (χ0v) is 45.8. The third-order valence-electron chi connectivity index (χ3n) is 16.6. The summed E-state index contributed by atoms with van der Waals surface area (Å²) in [7, 11) is 0. The molecule has 0 bridgehead atoms. The van der Waals surface area contributed by atoms with Crippen LogP contribution in [-0.4, -0.2) is 6.71 Å². The summed E-state index contributed by atoms with van der Waals surface area (Å²) in [5.74, 6) is 0. The molecule has 2 aromatic heterocycles. The van der Waals surface area contributed by atoms with Crippen LogP contribution in [0.4, 0.5) is 51.2 Å². The first-order valence-electron chi connectivity index (χ1n) is 27.8. The smallest absolute Gasteiger partial charge is 0.249 e. The average Bonchev–Trinajstić information content (AvgIpc) is 4.06.